The number of carbonyl (C=O) groups is 1. The number of hydrogen-bond donors (Lipinski definition) is 4. The number of hydrogen-bond acceptors (Lipinski definition) is 5. The van der Waals surface area contributed by atoms with Crippen LogP contribution < -0.4 is 4.90 Å². The second kappa shape index (κ2) is 9.27. The van der Waals surface area contributed by atoms with Crippen molar-refractivity contribution in [2.24, 2.45) is 5.92 Å². The summed E-state index contributed by atoms with van der Waals surface area (Å²) in [5.74, 6) is -0.539. The summed E-state index contributed by atoms with van der Waals surface area (Å²) in [4.78, 5) is 14.4. The van der Waals surface area contributed by atoms with Crippen LogP contribution in [-0.2, 0) is 17.8 Å². The second-order valence-electron chi connectivity index (χ2n) is 6.82. The van der Waals surface area contributed by atoms with Crippen LogP contribution >= 0.6 is 11.6 Å². The number of allylic oxidation sites excluding steroid dienone is 2. The Bertz CT molecular complexity index is 1010. The van der Waals surface area contributed by atoms with Gasteiger partial charge < -0.3 is 15.9 Å². The average Bonchev–Trinajstić information content (AvgIpc) is 3.30. The molecule has 0 radical (unpaired) electrons. The maximum atomic E-state index is 13.4. The highest BCUT2D eigenvalue weighted by atomic mass is 35.5. The number of H-pyrrole nitrogens is 1. The number of alkyl halides is 2. The third-order valence-corrected chi connectivity index (χ3v) is 5.33. The van der Waals surface area contributed by atoms with Gasteiger partial charge in [0.25, 0.3) is 6.43 Å². The molecule has 0 saturated carbocycles. The first-order valence-corrected chi connectivity index (χ1v) is 9.56. The number of nitrogens with zero attached hydrogens (tertiary/aromatic N) is 2. The van der Waals surface area contributed by atoms with E-state index in [4.69, 9.17) is 22.4 Å². The van der Waals surface area contributed by atoms with Crippen LogP contribution in [0.5, 0.6) is 0 Å². The Morgan fingerprint density at radius 2 is 2.20 bits per heavy atom. The maximum Gasteiger partial charge on any atom is 0.264 e. The van der Waals surface area contributed by atoms with Gasteiger partial charge in [-0.1, -0.05) is 17.7 Å². The molecule has 30 heavy (non-hydrogen) atoms. The Morgan fingerprint density at radius 3 is 2.83 bits per heavy atom. The van der Waals surface area contributed by atoms with Crippen molar-refractivity contribution in [2.75, 3.05) is 11.4 Å². The topological polar surface area (TPSA) is 117 Å². The highest BCUT2D eigenvalue weighted by molar-refractivity contribution is 6.30. The fourth-order valence-corrected chi connectivity index (χ4v) is 3.80. The molecule has 1 aliphatic rings. The fourth-order valence-electron chi connectivity index (χ4n) is 3.62. The summed E-state index contributed by atoms with van der Waals surface area (Å²) in [6.07, 6.45) is 1.29. The molecular weight excluding hydrogens is 416 g/mol. The van der Waals surface area contributed by atoms with Gasteiger partial charge in [0.05, 0.1) is 12.3 Å². The molecule has 1 fully saturated rings. The van der Waals surface area contributed by atoms with Gasteiger partial charge in [0.1, 0.15) is 0 Å². The molecule has 0 bridgehead atoms. The molecule has 0 aliphatic carbocycles. The van der Waals surface area contributed by atoms with Crippen LogP contribution in [0.25, 0.3) is 5.57 Å². The van der Waals surface area contributed by atoms with Crippen LogP contribution in [0.4, 0.5) is 14.6 Å². The lowest BCUT2D eigenvalue weighted by atomic mass is 9.94. The first kappa shape index (κ1) is 21.8. The third kappa shape index (κ3) is 4.17. The maximum absolute atomic E-state index is 13.4. The zero-order valence-corrected chi connectivity index (χ0v) is 16.6. The summed E-state index contributed by atoms with van der Waals surface area (Å²) < 4.78 is 26.7. The number of nitrogens with one attached hydrogen (secondary N) is 3. The largest absolute Gasteiger partial charge is 0.391 e. The van der Waals surface area contributed by atoms with Gasteiger partial charge in [-0.2, -0.15) is 5.10 Å². The van der Waals surface area contributed by atoms with Crippen LogP contribution in [0.3, 0.4) is 0 Å². The van der Waals surface area contributed by atoms with E-state index in [2.05, 4.69) is 10.2 Å². The van der Waals surface area contributed by atoms with Crippen molar-refractivity contribution in [3.8, 4) is 0 Å². The van der Waals surface area contributed by atoms with E-state index in [1.165, 1.54) is 29.2 Å². The van der Waals surface area contributed by atoms with Crippen molar-refractivity contribution in [1.29, 1.82) is 10.8 Å². The Morgan fingerprint density at radius 1 is 1.43 bits per heavy atom. The zero-order valence-electron chi connectivity index (χ0n) is 15.8. The summed E-state index contributed by atoms with van der Waals surface area (Å²) in [6.45, 7) is -0.0991. The van der Waals surface area contributed by atoms with E-state index < -0.39 is 19.0 Å². The Balaban J connectivity index is 1.86. The Labute approximate surface area is 176 Å². The van der Waals surface area contributed by atoms with Gasteiger partial charge in [-0.05, 0) is 36.6 Å². The van der Waals surface area contributed by atoms with Crippen molar-refractivity contribution in [3.63, 3.8) is 0 Å². The van der Waals surface area contributed by atoms with Crippen LogP contribution in [0, 0.1) is 16.7 Å². The van der Waals surface area contributed by atoms with Crippen LogP contribution in [-0.4, -0.2) is 40.2 Å². The van der Waals surface area contributed by atoms with E-state index in [0.717, 1.165) is 12.4 Å². The molecule has 1 aromatic heterocycles. The highest BCUT2D eigenvalue weighted by Gasteiger charge is 2.36. The zero-order chi connectivity index (χ0) is 21.8. The number of aliphatic hydroxyl groups is 1. The molecule has 2 aromatic rings. The van der Waals surface area contributed by atoms with E-state index in [9.17, 15) is 18.7 Å². The minimum Gasteiger partial charge on any atom is -0.391 e. The lowest BCUT2D eigenvalue weighted by molar-refractivity contribution is -0.120. The van der Waals surface area contributed by atoms with E-state index in [0.29, 0.717) is 35.4 Å². The predicted molar refractivity (Wildman–Crippen MR) is 111 cm³/mol. The third-order valence-electron chi connectivity index (χ3n) is 5.09. The predicted octanol–water partition coefficient (Wildman–Crippen LogP) is 3.77. The lowest BCUT2D eigenvalue weighted by Gasteiger charge is -2.17. The number of benzene rings is 1. The van der Waals surface area contributed by atoms with Crippen molar-refractivity contribution < 1.29 is 18.7 Å². The summed E-state index contributed by atoms with van der Waals surface area (Å²) in [5, 5.41) is 31.5. The number of aromatic amines is 1. The van der Waals surface area contributed by atoms with Gasteiger partial charge in [-0.3, -0.25) is 14.8 Å². The molecule has 10 heteroatoms. The van der Waals surface area contributed by atoms with E-state index >= 15 is 0 Å². The average molecular weight is 436 g/mol. The summed E-state index contributed by atoms with van der Waals surface area (Å²) in [5.41, 5.74) is 1.21. The van der Waals surface area contributed by atoms with Crippen molar-refractivity contribution in [3.05, 3.63) is 51.7 Å². The molecule has 4 N–H and O–H groups in total. The quantitative estimate of drug-likeness (QED) is 0.473. The van der Waals surface area contributed by atoms with Gasteiger partial charge in [0.2, 0.25) is 5.91 Å². The van der Waals surface area contributed by atoms with Crippen molar-refractivity contribution in [1.82, 2.24) is 10.2 Å². The highest BCUT2D eigenvalue weighted by Crippen LogP contribution is 2.34. The monoisotopic (exact) mass is 435 g/mol. The molecule has 2 heterocycles. The number of carbonyl (C=O) groups excluding carboxylic acids is 1. The van der Waals surface area contributed by atoms with Gasteiger partial charge in [0, 0.05) is 46.6 Å². The summed E-state index contributed by atoms with van der Waals surface area (Å²) in [7, 11) is 0. The minimum absolute atomic E-state index is 0.150. The Kier molecular flexibility index (Phi) is 6.73. The standard InChI is InChI=1S/C20H20ClF2N5O2/c21-14-2-1-11(15(8-14)18(22)23)7-12-4-6-28(20(12)30)19-16(10-29)17(26-27-19)13(9-25)3-5-24/h1-3,5,8-9,12,18,24-25,29H,4,6-7,10H2,(H,26,27)/b13-3+,24-5?,25-9?. The molecule has 3 rings (SSSR count). The molecule has 1 atom stereocenters. The number of anilines is 1. The van der Waals surface area contributed by atoms with E-state index in [1.807, 2.05) is 0 Å². The summed E-state index contributed by atoms with van der Waals surface area (Å²) in [6, 6.07) is 4.26. The first-order valence-electron chi connectivity index (χ1n) is 9.18. The normalized spacial score (nSPS) is 17.1. The lowest BCUT2D eigenvalue weighted by Crippen LogP contribution is -2.29. The fraction of sp³-hybridized carbons (Fsp3) is 0.300. The van der Waals surface area contributed by atoms with Crippen molar-refractivity contribution >= 4 is 41.3 Å². The number of amides is 1. The molecule has 158 valence electrons. The molecule has 1 aromatic carbocycles. The van der Waals surface area contributed by atoms with Crippen molar-refractivity contribution in [2.45, 2.75) is 25.9 Å². The SMILES string of the molecule is N=C/C=C(\C=N)c1[nH]nc(N2CCC(Cc3ccc(Cl)cc3C(F)F)C2=O)c1CO. The molecule has 1 aliphatic heterocycles. The Hall–Kier alpha value is -2.91. The smallest absolute Gasteiger partial charge is 0.264 e. The molecular formula is C20H20ClF2N5O2. The minimum atomic E-state index is -2.69. The number of halogens is 3. The van der Waals surface area contributed by atoms with Crippen LogP contribution in [0.1, 0.15) is 35.2 Å². The molecule has 0 spiro atoms. The van der Waals surface area contributed by atoms with Crippen LogP contribution in [0.2, 0.25) is 5.02 Å². The summed E-state index contributed by atoms with van der Waals surface area (Å²) >= 11 is 5.83. The van der Waals surface area contributed by atoms with Crippen LogP contribution in [0.15, 0.2) is 24.3 Å². The first-order chi connectivity index (χ1) is 14.4. The van der Waals surface area contributed by atoms with Gasteiger partial charge in [-0.15, -0.1) is 0 Å². The second-order valence-corrected chi connectivity index (χ2v) is 7.25. The molecule has 7 nitrogen and oxygen atoms in total. The van der Waals surface area contributed by atoms with Gasteiger partial charge >= 0.3 is 0 Å². The van der Waals surface area contributed by atoms with E-state index in [-0.39, 0.29) is 28.7 Å². The van der Waals surface area contributed by atoms with Gasteiger partial charge in [-0.25, -0.2) is 8.78 Å². The molecule has 1 unspecified atom stereocenters. The van der Waals surface area contributed by atoms with Gasteiger partial charge in [0.15, 0.2) is 5.82 Å². The number of rotatable bonds is 8. The van der Waals surface area contributed by atoms with E-state index in [1.54, 1.807) is 0 Å². The molecule has 1 saturated heterocycles. The number of aliphatic hydroxyl groups excluding tert-OH is 1. The number of aromatic nitrogens is 2. The molecule has 1 amide bonds.